The van der Waals surface area contributed by atoms with Gasteiger partial charge in [-0.2, -0.15) is 0 Å². The van der Waals surface area contributed by atoms with Gasteiger partial charge in [-0.15, -0.1) is 0 Å². The van der Waals surface area contributed by atoms with E-state index in [1.807, 2.05) is 0 Å². The third-order valence-corrected chi connectivity index (χ3v) is 2.41. The van der Waals surface area contributed by atoms with Crippen molar-refractivity contribution in [2.75, 3.05) is 6.61 Å². The van der Waals surface area contributed by atoms with Gasteiger partial charge >= 0.3 is 0 Å². The van der Waals surface area contributed by atoms with Crippen LogP contribution in [0.25, 0.3) is 0 Å². The van der Waals surface area contributed by atoms with Gasteiger partial charge in [0.05, 0.1) is 6.61 Å². The van der Waals surface area contributed by atoms with Crippen LogP contribution in [0.3, 0.4) is 0 Å². The quantitative estimate of drug-likeness (QED) is 0.692. The second kappa shape index (κ2) is 5.69. The Hall–Kier alpha value is -0.980. The van der Waals surface area contributed by atoms with E-state index >= 15 is 0 Å². The minimum atomic E-state index is 0.814. The van der Waals surface area contributed by atoms with Crippen LogP contribution in [0.5, 0.6) is 5.75 Å². The summed E-state index contributed by atoms with van der Waals surface area (Å²) in [6, 6.07) is 6.44. The first-order chi connectivity index (χ1) is 6.81. The molecule has 0 aliphatic carbocycles. The van der Waals surface area contributed by atoms with Crippen molar-refractivity contribution in [1.82, 2.24) is 0 Å². The second-order valence-electron chi connectivity index (χ2n) is 3.49. The molecule has 0 aliphatic rings. The van der Waals surface area contributed by atoms with Crippen molar-refractivity contribution in [3.63, 3.8) is 0 Å². The van der Waals surface area contributed by atoms with Crippen LogP contribution in [0.4, 0.5) is 0 Å². The van der Waals surface area contributed by atoms with Gasteiger partial charge in [-0.05, 0) is 42.5 Å². The number of hydrogen-bond acceptors (Lipinski definition) is 1. The van der Waals surface area contributed by atoms with Crippen LogP contribution in [0, 0.1) is 0 Å². The maximum absolute atomic E-state index is 5.60. The lowest BCUT2D eigenvalue weighted by atomic mass is 10.0. The molecule has 0 radical (unpaired) electrons. The summed E-state index contributed by atoms with van der Waals surface area (Å²) in [4.78, 5) is 0. The topological polar surface area (TPSA) is 9.23 Å². The highest BCUT2D eigenvalue weighted by molar-refractivity contribution is 5.35. The average Bonchev–Trinajstić information content (AvgIpc) is 2.25. The maximum atomic E-state index is 5.60. The molecule has 1 nitrogen and oxygen atoms in total. The highest BCUT2D eigenvalue weighted by Crippen LogP contribution is 2.19. The van der Waals surface area contributed by atoms with Crippen molar-refractivity contribution in [3.8, 4) is 5.75 Å². The van der Waals surface area contributed by atoms with Gasteiger partial charge < -0.3 is 4.74 Å². The fraction of sp³-hybridized carbons (Fsp3) is 0.538. The summed E-state index contributed by atoms with van der Waals surface area (Å²) >= 11 is 0. The summed E-state index contributed by atoms with van der Waals surface area (Å²) in [7, 11) is 0. The van der Waals surface area contributed by atoms with Crippen LogP contribution < -0.4 is 4.74 Å². The Balaban J connectivity index is 2.79. The monoisotopic (exact) mass is 192 g/mol. The second-order valence-corrected chi connectivity index (χ2v) is 3.49. The third-order valence-electron chi connectivity index (χ3n) is 2.41. The van der Waals surface area contributed by atoms with E-state index in [4.69, 9.17) is 4.74 Å². The van der Waals surface area contributed by atoms with Gasteiger partial charge in [0.15, 0.2) is 0 Å². The molecule has 1 aromatic rings. The summed E-state index contributed by atoms with van der Waals surface area (Å²) in [5.74, 6) is 1.01. The fourth-order valence-electron chi connectivity index (χ4n) is 1.59. The molecule has 0 N–H and O–H groups in total. The van der Waals surface area contributed by atoms with Crippen molar-refractivity contribution in [1.29, 1.82) is 0 Å². The molecule has 0 amide bonds. The predicted octanol–water partition coefficient (Wildman–Crippen LogP) is 3.60. The summed E-state index contributed by atoms with van der Waals surface area (Å²) < 4.78 is 5.60. The Morgan fingerprint density at radius 3 is 2.29 bits per heavy atom. The fourth-order valence-corrected chi connectivity index (χ4v) is 1.59. The summed E-state index contributed by atoms with van der Waals surface area (Å²) in [6.45, 7) is 7.33. The Morgan fingerprint density at radius 1 is 1.00 bits per heavy atom. The first-order valence-electron chi connectivity index (χ1n) is 5.56. The first-order valence-corrected chi connectivity index (χ1v) is 5.56. The lowest BCUT2D eigenvalue weighted by molar-refractivity contribution is 0.317. The van der Waals surface area contributed by atoms with Crippen LogP contribution in [0.2, 0.25) is 0 Å². The van der Waals surface area contributed by atoms with Crippen molar-refractivity contribution in [3.05, 3.63) is 29.3 Å². The number of ether oxygens (including phenoxy) is 1. The van der Waals surface area contributed by atoms with Crippen LogP contribution in [-0.4, -0.2) is 6.61 Å². The zero-order valence-electron chi connectivity index (χ0n) is 9.47. The van der Waals surface area contributed by atoms with Gasteiger partial charge in [0, 0.05) is 0 Å². The molecule has 0 spiro atoms. The largest absolute Gasteiger partial charge is 0.494 e. The van der Waals surface area contributed by atoms with E-state index in [0.717, 1.165) is 31.6 Å². The highest BCUT2D eigenvalue weighted by Gasteiger charge is 2.00. The van der Waals surface area contributed by atoms with Crippen molar-refractivity contribution < 1.29 is 4.74 Å². The van der Waals surface area contributed by atoms with E-state index in [0.29, 0.717) is 0 Å². The average molecular weight is 192 g/mol. The number of rotatable bonds is 5. The molecule has 1 heteroatoms. The van der Waals surface area contributed by atoms with E-state index in [2.05, 4.69) is 39.0 Å². The summed E-state index contributed by atoms with van der Waals surface area (Å²) in [6.07, 6.45) is 3.26. The standard InChI is InChI=1S/C13H20O/c1-4-9-14-13-8-7-11(5-2)12(6-3)10-13/h7-8,10H,4-6,9H2,1-3H3. The van der Waals surface area contributed by atoms with Crippen LogP contribution in [-0.2, 0) is 12.8 Å². The Kier molecular flexibility index (Phi) is 4.51. The van der Waals surface area contributed by atoms with Gasteiger partial charge in [-0.3, -0.25) is 0 Å². The number of benzene rings is 1. The van der Waals surface area contributed by atoms with Crippen molar-refractivity contribution in [2.24, 2.45) is 0 Å². The van der Waals surface area contributed by atoms with E-state index in [9.17, 15) is 0 Å². The molecule has 0 unspecified atom stereocenters. The van der Waals surface area contributed by atoms with Crippen LogP contribution in [0.15, 0.2) is 18.2 Å². The van der Waals surface area contributed by atoms with E-state index in [-0.39, 0.29) is 0 Å². The van der Waals surface area contributed by atoms with Crippen LogP contribution in [0.1, 0.15) is 38.3 Å². The molecular weight excluding hydrogens is 172 g/mol. The molecular formula is C13H20O. The molecule has 1 rings (SSSR count). The SMILES string of the molecule is CCCOc1ccc(CC)c(CC)c1. The molecule has 1 aromatic carbocycles. The molecule has 14 heavy (non-hydrogen) atoms. The van der Waals surface area contributed by atoms with Crippen LogP contribution >= 0.6 is 0 Å². The van der Waals surface area contributed by atoms with E-state index < -0.39 is 0 Å². The summed E-state index contributed by atoms with van der Waals surface area (Å²) in [5.41, 5.74) is 2.86. The minimum absolute atomic E-state index is 0.814. The lowest BCUT2D eigenvalue weighted by Gasteiger charge is -2.09. The predicted molar refractivity (Wildman–Crippen MR) is 61.0 cm³/mol. The van der Waals surface area contributed by atoms with Gasteiger partial charge in [0.2, 0.25) is 0 Å². The Morgan fingerprint density at radius 2 is 1.71 bits per heavy atom. The maximum Gasteiger partial charge on any atom is 0.119 e. The molecule has 0 atom stereocenters. The molecule has 78 valence electrons. The highest BCUT2D eigenvalue weighted by atomic mass is 16.5. The van der Waals surface area contributed by atoms with E-state index in [1.54, 1.807) is 0 Å². The molecule has 0 aliphatic heterocycles. The molecule has 0 saturated heterocycles. The zero-order chi connectivity index (χ0) is 10.4. The van der Waals surface area contributed by atoms with Gasteiger partial charge in [0.25, 0.3) is 0 Å². The smallest absolute Gasteiger partial charge is 0.119 e. The van der Waals surface area contributed by atoms with Gasteiger partial charge in [-0.1, -0.05) is 26.8 Å². The molecule has 0 saturated carbocycles. The molecule has 0 fully saturated rings. The number of hydrogen-bond donors (Lipinski definition) is 0. The van der Waals surface area contributed by atoms with Gasteiger partial charge in [0.1, 0.15) is 5.75 Å². The Bertz CT molecular complexity index is 279. The Labute approximate surface area is 87.1 Å². The molecule has 0 bridgehead atoms. The summed E-state index contributed by atoms with van der Waals surface area (Å²) in [5, 5.41) is 0. The van der Waals surface area contributed by atoms with Gasteiger partial charge in [-0.25, -0.2) is 0 Å². The van der Waals surface area contributed by atoms with Crippen molar-refractivity contribution in [2.45, 2.75) is 40.0 Å². The van der Waals surface area contributed by atoms with Crippen molar-refractivity contribution >= 4 is 0 Å². The number of aryl methyl sites for hydroxylation is 2. The van der Waals surface area contributed by atoms with E-state index in [1.165, 1.54) is 11.1 Å². The first kappa shape index (κ1) is 11.1. The zero-order valence-corrected chi connectivity index (χ0v) is 9.47. The minimum Gasteiger partial charge on any atom is -0.494 e. The molecule has 0 aromatic heterocycles. The third kappa shape index (κ3) is 2.76. The lowest BCUT2D eigenvalue weighted by Crippen LogP contribution is -1.97. The molecule has 0 heterocycles. The normalized spacial score (nSPS) is 10.2.